The number of ether oxygens (including phenoxy) is 1. The van der Waals surface area contributed by atoms with Gasteiger partial charge in [-0.15, -0.1) is 5.10 Å². The summed E-state index contributed by atoms with van der Waals surface area (Å²) in [6, 6.07) is 11.3. The number of hydrogen-bond acceptors (Lipinski definition) is 7. The number of benzene rings is 1. The van der Waals surface area contributed by atoms with Crippen molar-refractivity contribution < 1.29 is 19.1 Å². The van der Waals surface area contributed by atoms with Gasteiger partial charge in [0.2, 0.25) is 0 Å². The summed E-state index contributed by atoms with van der Waals surface area (Å²) in [4.78, 5) is 17.5. The van der Waals surface area contributed by atoms with Gasteiger partial charge in [-0.05, 0) is 25.0 Å². The van der Waals surface area contributed by atoms with Crippen molar-refractivity contribution in [3.8, 4) is 11.3 Å². The number of rotatable bonds is 5. The summed E-state index contributed by atoms with van der Waals surface area (Å²) in [6.07, 6.45) is 2.28. The van der Waals surface area contributed by atoms with E-state index < -0.39 is 6.10 Å². The zero-order valence-corrected chi connectivity index (χ0v) is 18.5. The van der Waals surface area contributed by atoms with Crippen molar-refractivity contribution in [2.45, 2.75) is 31.9 Å². The molecule has 0 bridgehead atoms. The van der Waals surface area contributed by atoms with Crippen LogP contribution in [0.15, 0.2) is 47.0 Å². The minimum absolute atomic E-state index is 0.216. The molecule has 4 heterocycles. The lowest BCUT2D eigenvalue weighted by molar-refractivity contribution is -0.0261. The first kappa shape index (κ1) is 21.3. The lowest BCUT2D eigenvalue weighted by atomic mass is 10.0. The highest BCUT2D eigenvalue weighted by atomic mass is 16.5. The fourth-order valence-electron chi connectivity index (χ4n) is 4.08. The number of amides is 1. The van der Waals surface area contributed by atoms with Crippen LogP contribution in [0.3, 0.4) is 0 Å². The summed E-state index contributed by atoms with van der Waals surface area (Å²) >= 11 is 0. The first-order valence-electron chi connectivity index (χ1n) is 10.9. The van der Waals surface area contributed by atoms with Crippen LogP contribution in [0.5, 0.6) is 0 Å². The van der Waals surface area contributed by atoms with E-state index in [-0.39, 0.29) is 18.6 Å². The molecular formula is C24H25N5O4. The van der Waals surface area contributed by atoms with Crippen LogP contribution in [-0.4, -0.2) is 56.4 Å². The highest BCUT2D eigenvalue weighted by molar-refractivity contribution is 5.95. The van der Waals surface area contributed by atoms with Gasteiger partial charge in [-0.1, -0.05) is 29.5 Å². The Morgan fingerprint density at radius 1 is 1.27 bits per heavy atom. The van der Waals surface area contributed by atoms with E-state index in [0.717, 1.165) is 28.1 Å². The molecule has 1 saturated heterocycles. The zero-order chi connectivity index (χ0) is 22.9. The maximum absolute atomic E-state index is 12.9. The number of hydrogen-bond donors (Lipinski definition) is 2. The molecule has 1 aromatic carbocycles. The largest absolute Gasteiger partial charge is 0.459 e. The van der Waals surface area contributed by atoms with Gasteiger partial charge in [-0.3, -0.25) is 9.48 Å². The van der Waals surface area contributed by atoms with Crippen LogP contribution < -0.4 is 5.32 Å². The van der Waals surface area contributed by atoms with E-state index in [0.29, 0.717) is 36.2 Å². The van der Waals surface area contributed by atoms with Crippen molar-refractivity contribution in [2.75, 3.05) is 13.2 Å². The Morgan fingerprint density at radius 2 is 2.09 bits per heavy atom. The fraction of sp³-hybridized carbons (Fsp3) is 0.333. The van der Waals surface area contributed by atoms with E-state index in [4.69, 9.17) is 9.15 Å². The van der Waals surface area contributed by atoms with Gasteiger partial charge >= 0.3 is 0 Å². The predicted molar refractivity (Wildman–Crippen MR) is 121 cm³/mol. The van der Waals surface area contributed by atoms with Crippen LogP contribution >= 0.6 is 0 Å². The number of aliphatic hydroxyl groups is 1. The molecule has 1 aliphatic rings. The molecule has 1 amide bonds. The molecule has 1 fully saturated rings. The lowest BCUT2D eigenvalue weighted by Gasteiger charge is -2.28. The number of carbonyl (C=O) groups excluding carboxylic acids is 1. The summed E-state index contributed by atoms with van der Waals surface area (Å²) < 4.78 is 12.8. The SMILES string of the molecule is Cc1cc2nc(C(=O)N[C@H]3CCOC[C@@H]3O)cc(Cc3ccc(-c4cn(C)nn4)cc3)c2o1. The molecule has 9 heteroatoms. The second-order valence-corrected chi connectivity index (χ2v) is 8.40. The number of nitrogens with one attached hydrogen (secondary N) is 1. The Morgan fingerprint density at radius 3 is 2.82 bits per heavy atom. The molecule has 4 aromatic rings. The van der Waals surface area contributed by atoms with E-state index in [1.165, 1.54) is 0 Å². The predicted octanol–water partition coefficient (Wildman–Crippen LogP) is 2.40. The normalized spacial score (nSPS) is 18.5. The van der Waals surface area contributed by atoms with Crippen molar-refractivity contribution in [2.24, 2.45) is 7.05 Å². The van der Waals surface area contributed by atoms with Gasteiger partial charge < -0.3 is 19.6 Å². The highest BCUT2D eigenvalue weighted by Crippen LogP contribution is 2.26. The Bertz CT molecular complexity index is 1290. The van der Waals surface area contributed by atoms with E-state index in [2.05, 4.69) is 20.6 Å². The second-order valence-electron chi connectivity index (χ2n) is 8.40. The molecule has 1 aliphatic heterocycles. The van der Waals surface area contributed by atoms with E-state index in [9.17, 15) is 9.90 Å². The zero-order valence-electron chi connectivity index (χ0n) is 18.5. The summed E-state index contributed by atoms with van der Waals surface area (Å²) in [5.41, 5.74) is 5.34. The van der Waals surface area contributed by atoms with Crippen molar-refractivity contribution >= 4 is 17.0 Å². The Balaban J connectivity index is 1.41. The number of pyridine rings is 1. The number of aromatic nitrogens is 4. The number of aryl methyl sites for hydroxylation is 2. The van der Waals surface area contributed by atoms with Gasteiger partial charge in [0.25, 0.3) is 5.91 Å². The molecule has 2 atom stereocenters. The molecule has 0 unspecified atom stereocenters. The van der Waals surface area contributed by atoms with E-state index >= 15 is 0 Å². The Labute approximate surface area is 190 Å². The topological polar surface area (TPSA) is 115 Å². The van der Waals surface area contributed by atoms with Crippen LogP contribution in [-0.2, 0) is 18.2 Å². The standard InChI is InChI=1S/C24H25N5O4/c1-14-9-19-23(33-14)17(10-15-3-5-16(6-4-15)21-12-29(2)28-27-21)11-20(25-19)24(31)26-18-7-8-32-13-22(18)30/h3-6,9,11-12,18,22,30H,7-8,10,13H2,1-2H3,(H,26,31)/t18-,22-/m0/s1. The lowest BCUT2D eigenvalue weighted by Crippen LogP contribution is -2.48. The van der Waals surface area contributed by atoms with Crippen molar-refractivity contribution in [3.63, 3.8) is 0 Å². The first-order chi connectivity index (χ1) is 16.0. The van der Waals surface area contributed by atoms with E-state index in [1.807, 2.05) is 50.5 Å². The number of aliphatic hydroxyl groups excluding tert-OH is 1. The fourth-order valence-corrected chi connectivity index (χ4v) is 4.08. The maximum atomic E-state index is 12.9. The van der Waals surface area contributed by atoms with Crippen LogP contribution in [0.1, 0.15) is 33.8 Å². The average molecular weight is 447 g/mol. The molecule has 0 aliphatic carbocycles. The second kappa shape index (κ2) is 8.76. The monoisotopic (exact) mass is 447 g/mol. The van der Waals surface area contributed by atoms with Gasteiger partial charge in [-0.25, -0.2) is 4.98 Å². The number of nitrogens with zero attached hydrogens (tertiary/aromatic N) is 4. The third-order valence-electron chi connectivity index (χ3n) is 5.80. The van der Waals surface area contributed by atoms with Crippen LogP contribution in [0, 0.1) is 6.92 Å². The molecule has 0 radical (unpaired) electrons. The molecule has 0 spiro atoms. The van der Waals surface area contributed by atoms with Crippen molar-refractivity contribution in [3.05, 3.63) is 65.2 Å². The van der Waals surface area contributed by atoms with Crippen LogP contribution in [0.4, 0.5) is 0 Å². The minimum Gasteiger partial charge on any atom is -0.459 e. The third-order valence-corrected chi connectivity index (χ3v) is 5.80. The van der Waals surface area contributed by atoms with Gasteiger partial charge in [0, 0.05) is 37.3 Å². The molecule has 0 saturated carbocycles. The summed E-state index contributed by atoms with van der Waals surface area (Å²) in [5, 5.41) is 21.1. The van der Waals surface area contributed by atoms with E-state index in [1.54, 1.807) is 10.7 Å². The molecule has 3 aromatic heterocycles. The number of furan rings is 1. The molecule has 2 N–H and O–H groups in total. The molecule has 5 rings (SSSR count). The summed E-state index contributed by atoms with van der Waals surface area (Å²) in [7, 11) is 1.83. The van der Waals surface area contributed by atoms with Gasteiger partial charge in [0.05, 0.1) is 24.9 Å². The smallest absolute Gasteiger partial charge is 0.270 e. The van der Waals surface area contributed by atoms with Gasteiger partial charge in [-0.2, -0.15) is 0 Å². The number of fused-ring (bicyclic) bond motifs is 1. The third kappa shape index (κ3) is 4.50. The Kier molecular flexibility index (Phi) is 5.65. The molecular weight excluding hydrogens is 422 g/mol. The molecule has 9 nitrogen and oxygen atoms in total. The average Bonchev–Trinajstić information content (AvgIpc) is 3.40. The van der Waals surface area contributed by atoms with Crippen LogP contribution in [0.25, 0.3) is 22.4 Å². The number of carbonyl (C=O) groups is 1. The highest BCUT2D eigenvalue weighted by Gasteiger charge is 2.26. The quantitative estimate of drug-likeness (QED) is 0.483. The summed E-state index contributed by atoms with van der Waals surface area (Å²) in [5.74, 6) is 0.412. The van der Waals surface area contributed by atoms with Crippen molar-refractivity contribution in [1.29, 1.82) is 0 Å². The van der Waals surface area contributed by atoms with Crippen molar-refractivity contribution in [1.82, 2.24) is 25.3 Å². The molecule has 33 heavy (non-hydrogen) atoms. The van der Waals surface area contributed by atoms with Gasteiger partial charge in [0.15, 0.2) is 5.58 Å². The molecule has 170 valence electrons. The maximum Gasteiger partial charge on any atom is 0.270 e. The first-order valence-corrected chi connectivity index (χ1v) is 10.9. The van der Waals surface area contributed by atoms with Gasteiger partial charge in [0.1, 0.15) is 22.7 Å². The van der Waals surface area contributed by atoms with Crippen LogP contribution in [0.2, 0.25) is 0 Å². The minimum atomic E-state index is -0.727. The summed E-state index contributed by atoms with van der Waals surface area (Å²) in [6.45, 7) is 2.58. The Hall–Kier alpha value is -3.56.